The van der Waals surface area contributed by atoms with Crippen LogP contribution in [0.1, 0.15) is 65.7 Å². The Bertz CT molecular complexity index is 170. The number of aliphatic carboxylic acids is 1. The predicted molar refractivity (Wildman–Crippen MR) is 96.0 cm³/mol. The van der Waals surface area contributed by atoms with E-state index >= 15 is 0 Å². The minimum absolute atomic E-state index is 0.278. The van der Waals surface area contributed by atoms with Crippen LogP contribution in [0.4, 0.5) is 0 Å². The molecule has 0 fully saturated rings. The van der Waals surface area contributed by atoms with E-state index < -0.39 is 25.7 Å². The van der Waals surface area contributed by atoms with E-state index in [0.717, 1.165) is 0 Å². The maximum atomic E-state index is 9.59. The van der Waals surface area contributed by atoms with E-state index in [-0.39, 0.29) is 6.42 Å². The van der Waals surface area contributed by atoms with Crippen molar-refractivity contribution in [1.82, 2.24) is 0 Å². The van der Waals surface area contributed by atoms with E-state index in [4.69, 9.17) is 5.11 Å². The van der Waals surface area contributed by atoms with Crippen LogP contribution < -0.4 is 0 Å². The molecule has 19 heavy (non-hydrogen) atoms. The van der Waals surface area contributed by atoms with Crippen LogP contribution in [0, 0.1) is 0 Å². The van der Waals surface area contributed by atoms with Crippen LogP contribution in [0.25, 0.3) is 0 Å². The van der Waals surface area contributed by atoms with Gasteiger partial charge in [0.05, 0.1) is 6.42 Å². The summed E-state index contributed by atoms with van der Waals surface area (Å²) in [7, 11) is 0. The molecular weight excluding hydrogens is 458 g/mol. The summed E-state index contributed by atoms with van der Waals surface area (Å²) in [5.41, 5.74) is 0. The summed E-state index contributed by atoms with van der Waals surface area (Å²) in [4.78, 5) is 9.59. The van der Waals surface area contributed by atoms with Crippen LogP contribution in [-0.2, 0) is 4.79 Å². The molecule has 0 saturated heterocycles. The zero-order valence-electron chi connectivity index (χ0n) is 13.0. The van der Waals surface area contributed by atoms with E-state index in [1.165, 1.54) is 38.5 Å². The summed E-state index contributed by atoms with van der Waals surface area (Å²) in [6.45, 7) is 7.00. The summed E-state index contributed by atoms with van der Waals surface area (Å²) >= 11 is 1.18. The molecule has 0 heterocycles. The predicted octanol–water partition coefficient (Wildman–Crippen LogP) is 5.78. The van der Waals surface area contributed by atoms with Crippen LogP contribution in [-0.4, -0.2) is 35.3 Å². The van der Waals surface area contributed by atoms with Crippen LogP contribution in [0.15, 0.2) is 0 Å². The molecule has 0 saturated carbocycles. The molecule has 2 nitrogen and oxygen atoms in total. The third-order valence-corrected chi connectivity index (χ3v) is 12.6. The molecule has 0 bridgehead atoms. The van der Waals surface area contributed by atoms with Crippen molar-refractivity contribution in [3.8, 4) is 0 Å². The number of carboxylic acid groups (broad SMARTS) is 1. The van der Waals surface area contributed by atoms with Gasteiger partial charge in [-0.1, -0.05) is 22.6 Å². The Kier molecular flexibility index (Phi) is 22.3. The zero-order valence-corrected chi connectivity index (χ0v) is 18.0. The van der Waals surface area contributed by atoms with Gasteiger partial charge in [0.15, 0.2) is 0 Å². The van der Waals surface area contributed by atoms with Crippen LogP contribution >= 0.6 is 22.6 Å². The molecule has 0 spiro atoms. The number of carbonyl (C=O) groups is 1. The molecule has 0 amide bonds. The Balaban J connectivity index is 0. The number of hydrogen-bond acceptors (Lipinski definition) is 1. The summed E-state index contributed by atoms with van der Waals surface area (Å²) in [5, 5.41) is 7.91. The smallest absolute Gasteiger partial charge is 0.304 e. The van der Waals surface area contributed by atoms with Gasteiger partial charge < -0.3 is 5.11 Å². The van der Waals surface area contributed by atoms with Crippen LogP contribution in [0.2, 0.25) is 13.3 Å². The second-order valence-electron chi connectivity index (χ2n) is 4.89. The van der Waals surface area contributed by atoms with Crippen LogP contribution in [0.5, 0.6) is 0 Å². The fourth-order valence-corrected chi connectivity index (χ4v) is 11.6. The van der Waals surface area contributed by atoms with E-state index in [0.29, 0.717) is 4.43 Å². The van der Waals surface area contributed by atoms with Crippen molar-refractivity contribution >= 4 is 48.3 Å². The molecule has 1 N–H and O–H groups in total. The van der Waals surface area contributed by atoms with E-state index in [1.54, 1.807) is 13.3 Å². The molecule has 115 valence electrons. The van der Waals surface area contributed by atoms with Gasteiger partial charge in [0, 0.05) is 4.43 Å². The Morgan fingerprint density at radius 2 is 1.32 bits per heavy atom. The number of unbranched alkanes of at least 4 members (excludes halogenated alkanes) is 3. The van der Waals surface area contributed by atoms with Crippen molar-refractivity contribution in [3.05, 3.63) is 0 Å². The minimum Gasteiger partial charge on any atom is -0.481 e. The van der Waals surface area contributed by atoms with E-state index in [1.807, 2.05) is 22.6 Å². The second-order valence-corrected chi connectivity index (χ2v) is 14.5. The minimum atomic E-state index is -0.839. The first-order chi connectivity index (χ1) is 9.12. The average molecular weight is 490 g/mol. The molecule has 0 aliphatic rings. The standard InChI is InChI=1S/3C4H9.C3H5IO2.Sn/c3*1-3-4-2;4-2-1-3(5)6;/h3*1,3-4H2,2H3;1-2H2,(H,5,6);. The number of hydrogen-bond donors (Lipinski definition) is 1. The van der Waals surface area contributed by atoms with Crippen molar-refractivity contribution < 1.29 is 9.90 Å². The Morgan fingerprint density at radius 1 is 0.947 bits per heavy atom. The number of carboxylic acids is 1. The molecule has 0 unspecified atom stereocenters. The molecule has 0 aromatic rings. The van der Waals surface area contributed by atoms with Gasteiger partial charge in [-0.3, -0.25) is 4.79 Å². The van der Waals surface area contributed by atoms with Gasteiger partial charge in [-0.15, -0.1) is 0 Å². The normalized spacial score (nSPS) is 10.2. The van der Waals surface area contributed by atoms with Gasteiger partial charge in [-0.25, -0.2) is 0 Å². The average Bonchev–Trinajstić information content (AvgIpc) is 2.38. The molecule has 0 aromatic carbocycles. The summed E-state index contributed by atoms with van der Waals surface area (Å²) in [5.74, 6) is -0.718. The Hall–Kier alpha value is 0.999. The van der Waals surface area contributed by atoms with Gasteiger partial charge >= 0.3 is 98.3 Å². The fourth-order valence-electron chi connectivity index (χ4n) is 1.74. The largest absolute Gasteiger partial charge is 0.481 e. The summed E-state index contributed by atoms with van der Waals surface area (Å²) in [6.07, 6.45) is 9.13. The van der Waals surface area contributed by atoms with Gasteiger partial charge in [0.2, 0.25) is 0 Å². The Labute approximate surface area is 141 Å². The van der Waals surface area contributed by atoms with E-state index in [9.17, 15) is 4.79 Å². The molecule has 0 aliphatic heterocycles. The summed E-state index contributed by atoms with van der Waals surface area (Å²) < 4.78 is 5.74. The number of alkyl halides is 1. The molecule has 0 rings (SSSR count). The molecular formula is C15H32IO2Sn. The molecule has 0 aliphatic carbocycles. The van der Waals surface area contributed by atoms with Crippen molar-refractivity contribution in [2.45, 2.75) is 79.0 Å². The number of rotatable bonds is 11. The SMILES string of the molecule is CCC[CH2][Sn]([CH2]CCC)[CH2]CCC.O=C(O)CCI. The first-order valence-corrected chi connectivity index (χ1v) is 15.3. The van der Waals surface area contributed by atoms with Crippen molar-refractivity contribution in [3.63, 3.8) is 0 Å². The van der Waals surface area contributed by atoms with Gasteiger partial charge in [-0.2, -0.15) is 0 Å². The number of halogens is 1. The van der Waals surface area contributed by atoms with Gasteiger partial charge in [0.1, 0.15) is 0 Å². The van der Waals surface area contributed by atoms with Gasteiger partial charge in [-0.05, 0) is 0 Å². The van der Waals surface area contributed by atoms with Crippen molar-refractivity contribution in [2.24, 2.45) is 0 Å². The molecule has 0 aromatic heterocycles. The van der Waals surface area contributed by atoms with Crippen molar-refractivity contribution in [2.75, 3.05) is 4.43 Å². The summed E-state index contributed by atoms with van der Waals surface area (Å²) in [6, 6.07) is 0. The monoisotopic (exact) mass is 491 g/mol. The molecule has 1 radical (unpaired) electrons. The first kappa shape index (κ1) is 22.3. The quantitative estimate of drug-likeness (QED) is 0.227. The molecule has 0 atom stereocenters. The van der Waals surface area contributed by atoms with E-state index in [2.05, 4.69) is 20.8 Å². The second kappa shape index (κ2) is 19.0. The fraction of sp³-hybridized carbons (Fsp3) is 0.933. The third kappa shape index (κ3) is 21.4. The first-order valence-electron chi connectivity index (χ1n) is 7.73. The topological polar surface area (TPSA) is 37.3 Å². The Morgan fingerprint density at radius 3 is 1.47 bits per heavy atom. The maximum Gasteiger partial charge on any atom is 0.304 e. The van der Waals surface area contributed by atoms with Crippen molar-refractivity contribution in [1.29, 1.82) is 0 Å². The maximum absolute atomic E-state index is 9.59. The zero-order chi connectivity index (χ0) is 14.9. The molecule has 4 heteroatoms. The van der Waals surface area contributed by atoms with Gasteiger partial charge in [0.25, 0.3) is 0 Å². The third-order valence-electron chi connectivity index (χ3n) is 2.96. The van der Waals surface area contributed by atoms with Crippen LogP contribution in [0.3, 0.4) is 0 Å².